The summed E-state index contributed by atoms with van der Waals surface area (Å²) in [6.07, 6.45) is 2.53. The van der Waals surface area contributed by atoms with Gasteiger partial charge in [-0.05, 0) is 80.1 Å². The summed E-state index contributed by atoms with van der Waals surface area (Å²) in [5.74, 6) is 0.950. The second kappa shape index (κ2) is 6.52. The largest absolute Gasteiger partial charge is 0.497 e. The van der Waals surface area contributed by atoms with Crippen LogP contribution in [0.4, 0.5) is 5.69 Å². The molecule has 1 heterocycles. The van der Waals surface area contributed by atoms with Crippen LogP contribution in [0.3, 0.4) is 0 Å². The molecule has 2 aromatic carbocycles. The average molecular weight is 348 g/mol. The second-order valence-corrected chi connectivity index (χ2v) is 7.22. The number of aryl methyl sites for hydroxylation is 3. The molecule has 0 spiro atoms. The minimum Gasteiger partial charge on any atom is -0.497 e. The molecule has 1 amide bonds. The average Bonchev–Trinajstić information content (AvgIpc) is 3.01. The number of H-pyrrole nitrogens is 1. The summed E-state index contributed by atoms with van der Waals surface area (Å²) in [5.41, 5.74) is 6.93. The van der Waals surface area contributed by atoms with Crippen molar-refractivity contribution in [2.45, 2.75) is 33.1 Å². The van der Waals surface area contributed by atoms with Gasteiger partial charge in [0, 0.05) is 28.2 Å². The minimum atomic E-state index is -0.00527. The van der Waals surface area contributed by atoms with E-state index >= 15 is 0 Å². The van der Waals surface area contributed by atoms with Crippen molar-refractivity contribution in [2.75, 3.05) is 12.4 Å². The van der Waals surface area contributed by atoms with Crippen molar-refractivity contribution in [1.29, 1.82) is 0 Å². The zero-order chi connectivity index (χ0) is 18.3. The molecule has 1 aromatic heterocycles. The lowest BCUT2D eigenvalue weighted by Crippen LogP contribution is -2.28. The van der Waals surface area contributed by atoms with Gasteiger partial charge in [0.15, 0.2) is 0 Å². The van der Waals surface area contributed by atoms with Gasteiger partial charge < -0.3 is 15.0 Å². The number of anilines is 1. The Morgan fingerprint density at radius 2 is 2.00 bits per heavy atom. The summed E-state index contributed by atoms with van der Waals surface area (Å²) < 4.78 is 5.36. The van der Waals surface area contributed by atoms with E-state index in [4.69, 9.17) is 4.74 Å². The molecule has 4 nitrogen and oxygen atoms in total. The summed E-state index contributed by atoms with van der Waals surface area (Å²) in [6.45, 7) is 4.14. The molecule has 0 saturated heterocycles. The summed E-state index contributed by atoms with van der Waals surface area (Å²) in [4.78, 5) is 16.3. The van der Waals surface area contributed by atoms with E-state index in [0.29, 0.717) is 0 Å². The van der Waals surface area contributed by atoms with Crippen LogP contribution in [0.15, 0.2) is 36.4 Å². The molecule has 4 heteroatoms. The fourth-order valence-electron chi connectivity index (χ4n) is 3.81. The second-order valence-electron chi connectivity index (χ2n) is 7.22. The number of carbonyl (C=O) groups is 1. The number of aromatic nitrogens is 1. The van der Waals surface area contributed by atoms with E-state index < -0.39 is 0 Å². The van der Waals surface area contributed by atoms with Crippen LogP contribution in [0.5, 0.6) is 5.75 Å². The molecule has 1 aliphatic carbocycles. The normalized spacial score (nSPS) is 16.3. The highest BCUT2D eigenvalue weighted by molar-refractivity contribution is 5.94. The van der Waals surface area contributed by atoms with Gasteiger partial charge in [-0.25, -0.2) is 0 Å². The number of amides is 1. The molecule has 0 saturated carbocycles. The first-order valence-electron chi connectivity index (χ1n) is 9.10. The summed E-state index contributed by atoms with van der Waals surface area (Å²) in [6, 6.07) is 12.2. The molecular weight excluding hydrogens is 324 g/mol. The minimum absolute atomic E-state index is 0.00527. The fraction of sp³-hybridized carbons (Fsp3) is 0.318. The van der Waals surface area contributed by atoms with E-state index in [1.165, 1.54) is 27.8 Å². The quantitative estimate of drug-likeness (QED) is 0.730. The molecular formula is C22H24N2O2. The van der Waals surface area contributed by atoms with Crippen molar-refractivity contribution >= 4 is 22.5 Å². The lowest BCUT2D eigenvalue weighted by atomic mass is 9.85. The van der Waals surface area contributed by atoms with E-state index in [2.05, 4.69) is 42.3 Å². The Morgan fingerprint density at radius 3 is 2.77 bits per heavy atom. The number of methoxy groups -OCH3 is 1. The molecule has 134 valence electrons. The molecule has 26 heavy (non-hydrogen) atoms. The van der Waals surface area contributed by atoms with Crippen molar-refractivity contribution in [2.24, 2.45) is 5.92 Å². The van der Waals surface area contributed by atoms with Crippen LogP contribution in [0.25, 0.3) is 10.9 Å². The lowest BCUT2D eigenvalue weighted by Gasteiger charge is -2.22. The topological polar surface area (TPSA) is 54.1 Å². The van der Waals surface area contributed by atoms with Gasteiger partial charge >= 0.3 is 0 Å². The van der Waals surface area contributed by atoms with Crippen molar-refractivity contribution in [3.05, 3.63) is 58.8 Å². The zero-order valence-electron chi connectivity index (χ0n) is 15.5. The number of hydrogen-bond acceptors (Lipinski definition) is 2. The van der Waals surface area contributed by atoms with Crippen molar-refractivity contribution in [1.82, 2.24) is 4.98 Å². The van der Waals surface area contributed by atoms with Crippen LogP contribution in [-0.4, -0.2) is 18.0 Å². The van der Waals surface area contributed by atoms with Crippen molar-refractivity contribution < 1.29 is 9.53 Å². The van der Waals surface area contributed by atoms with Gasteiger partial charge in [-0.15, -0.1) is 0 Å². The maximum absolute atomic E-state index is 12.8. The number of aromatic amines is 1. The van der Waals surface area contributed by atoms with Gasteiger partial charge in [-0.1, -0.05) is 6.07 Å². The van der Waals surface area contributed by atoms with Crippen LogP contribution in [-0.2, 0) is 17.6 Å². The summed E-state index contributed by atoms with van der Waals surface area (Å²) in [7, 11) is 1.68. The number of carbonyl (C=O) groups excluding carboxylic acids is 1. The predicted molar refractivity (Wildman–Crippen MR) is 105 cm³/mol. The Bertz CT molecular complexity index is 987. The third-order valence-corrected chi connectivity index (χ3v) is 5.54. The van der Waals surface area contributed by atoms with Gasteiger partial charge in [0.25, 0.3) is 0 Å². The highest BCUT2D eigenvalue weighted by Gasteiger charge is 2.27. The highest BCUT2D eigenvalue weighted by atomic mass is 16.5. The van der Waals surface area contributed by atoms with Gasteiger partial charge in [0.05, 0.1) is 7.11 Å². The van der Waals surface area contributed by atoms with Gasteiger partial charge in [-0.3, -0.25) is 4.79 Å². The number of rotatable bonds is 3. The molecule has 1 unspecified atom stereocenters. The van der Waals surface area contributed by atoms with E-state index in [1.54, 1.807) is 7.11 Å². The van der Waals surface area contributed by atoms with Crippen LogP contribution in [0, 0.1) is 19.8 Å². The monoisotopic (exact) mass is 348 g/mol. The Kier molecular flexibility index (Phi) is 4.19. The zero-order valence-corrected chi connectivity index (χ0v) is 15.5. The number of fused-ring (bicyclic) bond motifs is 3. The first-order valence-corrected chi connectivity index (χ1v) is 9.10. The molecule has 0 fully saturated rings. The van der Waals surface area contributed by atoms with Crippen LogP contribution >= 0.6 is 0 Å². The van der Waals surface area contributed by atoms with Gasteiger partial charge in [0.2, 0.25) is 5.91 Å². The molecule has 3 aromatic rings. The van der Waals surface area contributed by atoms with Gasteiger partial charge in [0.1, 0.15) is 5.75 Å². The Labute approximate surface area is 153 Å². The van der Waals surface area contributed by atoms with E-state index in [1.807, 2.05) is 18.2 Å². The number of benzene rings is 2. The summed E-state index contributed by atoms with van der Waals surface area (Å²) in [5, 5.41) is 4.27. The molecule has 0 radical (unpaired) electrons. The maximum Gasteiger partial charge on any atom is 0.227 e. The third-order valence-electron chi connectivity index (χ3n) is 5.54. The van der Waals surface area contributed by atoms with E-state index in [0.717, 1.165) is 36.2 Å². The molecule has 1 atom stereocenters. The summed E-state index contributed by atoms with van der Waals surface area (Å²) >= 11 is 0. The van der Waals surface area contributed by atoms with Crippen LogP contribution in [0.2, 0.25) is 0 Å². The SMILES string of the molecule is COc1ccc2[nH]c3c(c2c1)CC(C(=O)Nc1ccc(C)c(C)c1)CC3. The van der Waals surface area contributed by atoms with E-state index in [-0.39, 0.29) is 11.8 Å². The standard InChI is InChI=1S/C22H24N2O2/c1-13-4-6-16(10-14(13)2)23-22(25)15-5-8-20-18(11-15)19-12-17(26-3)7-9-21(19)24-20/h4,6-7,9-10,12,15,24H,5,8,11H2,1-3H3,(H,23,25). The van der Waals surface area contributed by atoms with Crippen LogP contribution < -0.4 is 10.1 Å². The third kappa shape index (κ3) is 2.96. The lowest BCUT2D eigenvalue weighted by molar-refractivity contribution is -0.120. The highest BCUT2D eigenvalue weighted by Crippen LogP contribution is 2.34. The number of ether oxygens (including phenoxy) is 1. The molecule has 0 aliphatic heterocycles. The Balaban J connectivity index is 1.57. The Hall–Kier alpha value is -2.75. The first kappa shape index (κ1) is 16.7. The predicted octanol–water partition coefficient (Wildman–Crippen LogP) is 4.54. The molecule has 2 N–H and O–H groups in total. The number of nitrogens with one attached hydrogen (secondary N) is 2. The smallest absolute Gasteiger partial charge is 0.227 e. The Morgan fingerprint density at radius 1 is 1.15 bits per heavy atom. The van der Waals surface area contributed by atoms with Crippen LogP contribution in [0.1, 0.15) is 28.8 Å². The molecule has 0 bridgehead atoms. The maximum atomic E-state index is 12.8. The number of hydrogen-bond donors (Lipinski definition) is 2. The molecule has 1 aliphatic rings. The van der Waals surface area contributed by atoms with Gasteiger partial charge in [-0.2, -0.15) is 0 Å². The van der Waals surface area contributed by atoms with Crippen molar-refractivity contribution in [3.8, 4) is 5.75 Å². The first-order chi connectivity index (χ1) is 12.5. The fourth-order valence-corrected chi connectivity index (χ4v) is 3.81. The molecule has 4 rings (SSSR count). The van der Waals surface area contributed by atoms with E-state index in [9.17, 15) is 4.79 Å². The van der Waals surface area contributed by atoms with Crippen molar-refractivity contribution in [3.63, 3.8) is 0 Å².